The van der Waals surface area contributed by atoms with E-state index in [4.69, 9.17) is 26.8 Å². The van der Waals surface area contributed by atoms with E-state index in [9.17, 15) is 4.79 Å². The maximum absolute atomic E-state index is 11.4. The summed E-state index contributed by atoms with van der Waals surface area (Å²) in [6.45, 7) is 0.724. The van der Waals surface area contributed by atoms with Gasteiger partial charge in [0.05, 0.1) is 18.7 Å². The summed E-state index contributed by atoms with van der Waals surface area (Å²) in [5, 5.41) is 3.15. The number of nitrogens with one attached hydrogen (secondary N) is 1. The number of halogens is 1. The number of benzene rings is 1. The van der Waals surface area contributed by atoms with Gasteiger partial charge in [-0.3, -0.25) is 4.79 Å². The molecule has 1 amide bonds. The Morgan fingerprint density at radius 3 is 2.94 bits per heavy atom. The molecule has 1 rings (SSSR count). The fraction of sp³-hybridized carbons (Fsp3) is 0.364. The van der Waals surface area contributed by atoms with E-state index in [-0.39, 0.29) is 12.5 Å². The molecule has 0 aliphatic carbocycles. The molecule has 0 radical (unpaired) electrons. The minimum absolute atomic E-state index is 0.0257. The van der Waals surface area contributed by atoms with Crippen LogP contribution < -0.4 is 15.8 Å². The van der Waals surface area contributed by atoms with Crippen LogP contribution in [0, 0.1) is 0 Å². The van der Waals surface area contributed by atoms with Gasteiger partial charge in [0.2, 0.25) is 5.91 Å². The molecular formula is C11H15ClN2O3. The summed E-state index contributed by atoms with van der Waals surface area (Å²) >= 11 is 5.86. The zero-order valence-corrected chi connectivity index (χ0v) is 10.3. The number of hydrogen-bond acceptors (Lipinski definition) is 4. The molecule has 0 saturated carbocycles. The molecule has 0 aliphatic heterocycles. The molecule has 1 aromatic rings. The Labute approximate surface area is 105 Å². The van der Waals surface area contributed by atoms with Gasteiger partial charge in [0.15, 0.2) is 0 Å². The van der Waals surface area contributed by atoms with Crippen LogP contribution >= 0.6 is 11.6 Å². The molecule has 17 heavy (non-hydrogen) atoms. The molecule has 0 aromatic heterocycles. The van der Waals surface area contributed by atoms with E-state index in [0.29, 0.717) is 29.6 Å². The van der Waals surface area contributed by atoms with Crippen molar-refractivity contribution in [1.29, 1.82) is 0 Å². The van der Waals surface area contributed by atoms with Gasteiger partial charge < -0.3 is 20.5 Å². The Hall–Kier alpha value is -1.30. The van der Waals surface area contributed by atoms with Gasteiger partial charge in [0.25, 0.3) is 0 Å². The van der Waals surface area contributed by atoms with Crippen molar-refractivity contribution in [2.75, 3.05) is 32.2 Å². The van der Waals surface area contributed by atoms with Crippen molar-refractivity contribution in [3.63, 3.8) is 0 Å². The van der Waals surface area contributed by atoms with Gasteiger partial charge in [0.1, 0.15) is 12.4 Å². The Morgan fingerprint density at radius 1 is 1.53 bits per heavy atom. The lowest BCUT2D eigenvalue weighted by Crippen LogP contribution is -2.20. The molecule has 0 aliphatic rings. The van der Waals surface area contributed by atoms with Crippen molar-refractivity contribution in [2.45, 2.75) is 0 Å². The van der Waals surface area contributed by atoms with Gasteiger partial charge in [-0.25, -0.2) is 0 Å². The predicted octanol–water partition coefficient (Wildman–Crippen LogP) is 1.26. The highest BCUT2D eigenvalue weighted by molar-refractivity contribution is 6.32. The van der Waals surface area contributed by atoms with E-state index in [1.807, 2.05) is 0 Å². The Balaban J connectivity index is 2.53. The lowest BCUT2D eigenvalue weighted by atomic mass is 10.3. The second-order valence-corrected chi connectivity index (χ2v) is 3.65. The van der Waals surface area contributed by atoms with Crippen molar-refractivity contribution < 1.29 is 14.3 Å². The number of carbonyl (C=O) groups is 1. The highest BCUT2D eigenvalue weighted by Crippen LogP contribution is 2.27. The van der Waals surface area contributed by atoms with E-state index in [0.717, 1.165) is 0 Å². The van der Waals surface area contributed by atoms with E-state index in [1.165, 1.54) is 7.11 Å². The second-order valence-electron chi connectivity index (χ2n) is 3.24. The molecule has 6 heteroatoms. The van der Waals surface area contributed by atoms with Crippen LogP contribution in [0.2, 0.25) is 5.02 Å². The smallest absolute Gasteiger partial charge is 0.250 e. The molecule has 5 nitrogen and oxygen atoms in total. The molecule has 0 bridgehead atoms. The zero-order valence-electron chi connectivity index (χ0n) is 9.53. The molecule has 0 fully saturated rings. The molecule has 0 heterocycles. The summed E-state index contributed by atoms with van der Waals surface area (Å²) < 4.78 is 10.0. The largest absolute Gasteiger partial charge is 0.495 e. The third-order valence-electron chi connectivity index (χ3n) is 1.93. The number of rotatable bonds is 6. The molecule has 1 aromatic carbocycles. The third-order valence-corrected chi connectivity index (χ3v) is 2.24. The number of carbonyl (C=O) groups excluding carboxylic acids is 1. The van der Waals surface area contributed by atoms with E-state index in [2.05, 4.69) is 5.32 Å². The number of methoxy groups -OCH3 is 1. The minimum atomic E-state index is -0.247. The normalized spacial score (nSPS) is 10.1. The molecule has 3 N–H and O–H groups in total. The maximum Gasteiger partial charge on any atom is 0.250 e. The maximum atomic E-state index is 11.4. The van der Waals surface area contributed by atoms with Crippen LogP contribution in [0.3, 0.4) is 0 Å². The number of anilines is 1. The molecular weight excluding hydrogens is 244 g/mol. The summed E-state index contributed by atoms with van der Waals surface area (Å²) in [5.74, 6) is 0.259. The molecule has 0 saturated heterocycles. The van der Waals surface area contributed by atoms with Crippen molar-refractivity contribution in [2.24, 2.45) is 5.73 Å². The van der Waals surface area contributed by atoms with Crippen LogP contribution in [-0.2, 0) is 9.53 Å². The average Bonchev–Trinajstić information content (AvgIpc) is 2.32. The number of ether oxygens (including phenoxy) is 2. The average molecular weight is 259 g/mol. The van der Waals surface area contributed by atoms with Crippen LogP contribution in [0.4, 0.5) is 5.69 Å². The first-order valence-electron chi connectivity index (χ1n) is 5.08. The summed E-state index contributed by atoms with van der Waals surface area (Å²) in [6.07, 6.45) is 0. The van der Waals surface area contributed by atoms with Gasteiger partial charge in [-0.15, -0.1) is 0 Å². The summed E-state index contributed by atoms with van der Waals surface area (Å²) in [7, 11) is 1.51. The lowest BCUT2D eigenvalue weighted by Gasteiger charge is -2.08. The summed E-state index contributed by atoms with van der Waals surface area (Å²) in [4.78, 5) is 11.4. The van der Waals surface area contributed by atoms with Crippen molar-refractivity contribution >= 4 is 23.2 Å². The van der Waals surface area contributed by atoms with Crippen molar-refractivity contribution in [1.82, 2.24) is 0 Å². The highest BCUT2D eigenvalue weighted by Gasteiger charge is 2.05. The van der Waals surface area contributed by atoms with Crippen LogP contribution in [0.25, 0.3) is 0 Å². The zero-order chi connectivity index (χ0) is 12.7. The van der Waals surface area contributed by atoms with Crippen LogP contribution in [0.1, 0.15) is 0 Å². The Morgan fingerprint density at radius 2 is 2.29 bits per heavy atom. The van der Waals surface area contributed by atoms with E-state index >= 15 is 0 Å². The van der Waals surface area contributed by atoms with Gasteiger partial charge in [-0.2, -0.15) is 0 Å². The minimum Gasteiger partial charge on any atom is -0.495 e. The molecule has 0 atom stereocenters. The van der Waals surface area contributed by atoms with Crippen LogP contribution in [0.15, 0.2) is 18.2 Å². The Kier molecular flexibility index (Phi) is 5.76. The molecule has 0 spiro atoms. The third kappa shape index (κ3) is 4.60. The quantitative estimate of drug-likeness (QED) is 0.754. The van der Waals surface area contributed by atoms with Gasteiger partial charge in [-0.05, 0) is 12.1 Å². The number of hydrogen-bond donors (Lipinski definition) is 2. The number of amides is 1. The fourth-order valence-electron chi connectivity index (χ4n) is 1.18. The van der Waals surface area contributed by atoms with E-state index < -0.39 is 0 Å². The predicted molar refractivity (Wildman–Crippen MR) is 66.5 cm³/mol. The summed E-state index contributed by atoms with van der Waals surface area (Å²) in [5.41, 5.74) is 5.84. The highest BCUT2D eigenvalue weighted by atomic mass is 35.5. The van der Waals surface area contributed by atoms with Gasteiger partial charge >= 0.3 is 0 Å². The summed E-state index contributed by atoms with van der Waals surface area (Å²) in [6, 6.07) is 4.98. The monoisotopic (exact) mass is 258 g/mol. The first-order valence-corrected chi connectivity index (χ1v) is 5.46. The standard InChI is InChI=1S/C11H15ClN2O3/c1-16-10-6-8(2-3-9(10)12)14-11(15)7-17-5-4-13/h2-3,6H,4-5,7,13H2,1H3,(H,14,15). The lowest BCUT2D eigenvalue weighted by molar-refractivity contribution is -0.120. The van der Waals surface area contributed by atoms with Crippen LogP contribution in [-0.4, -0.2) is 32.8 Å². The molecule has 0 unspecified atom stereocenters. The van der Waals surface area contributed by atoms with Gasteiger partial charge in [0, 0.05) is 18.3 Å². The first kappa shape index (κ1) is 13.8. The first-order chi connectivity index (χ1) is 8.17. The van der Waals surface area contributed by atoms with Crippen molar-refractivity contribution in [3.05, 3.63) is 23.2 Å². The van der Waals surface area contributed by atoms with Gasteiger partial charge in [-0.1, -0.05) is 11.6 Å². The SMILES string of the molecule is COc1cc(NC(=O)COCCN)ccc1Cl. The van der Waals surface area contributed by atoms with Crippen LogP contribution in [0.5, 0.6) is 5.75 Å². The van der Waals surface area contributed by atoms with E-state index in [1.54, 1.807) is 18.2 Å². The second kappa shape index (κ2) is 7.11. The fourth-order valence-corrected chi connectivity index (χ4v) is 1.38. The van der Waals surface area contributed by atoms with Crippen molar-refractivity contribution in [3.8, 4) is 5.75 Å². The molecule has 94 valence electrons. The Bertz CT molecular complexity index is 385. The topological polar surface area (TPSA) is 73.6 Å². The number of nitrogens with two attached hydrogens (primary N) is 1.